The number of fused-ring (bicyclic) bond motifs is 1. The maximum absolute atomic E-state index is 13.1. The lowest BCUT2D eigenvalue weighted by Crippen LogP contribution is -2.29. The molecule has 1 N–H and O–H groups in total. The minimum absolute atomic E-state index is 0.168. The van der Waals surface area contributed by atoms with Crippen LogP contribution in [0.5, 0.6) is 5.75 Å². The van der Waals surface area contributed by atoms with E-state index in [1.54, 1.807) is 12.1 Å². The third-order valence-corrected chi connectivity index (χ3v) is 7.24. The van der Waals surface area contributed by atoms with Crippen molar-refractivity contribution < 1.29 is 17.9 Å². The van der Waals surface area contributed by atoms with Gasteiger partial charge in [0.2, 0.25) is 0 Å². The highest BCUT2D eigenvalue weighted by Gasteiger charge is 2.30. The second-order valence-electron chi connectivity index (χ2n) is 7.56. The number of hydrogen-bond acceptors (Lipinski definition) is 4. The lowest BCUT2D eigenvalue weighted by molar-refractivity contribution is -0.118. The van der Waals surface area contributed by atoms with Crippen molar-refractivity contribution in [3.05, 3.63) is 83.4 Å². The number of hydrogen-bond donors (Lipinski definition) is 1. The predicted octanol–water partition coefficient (Wildman–Crippen LogP) is 4.07. The van der Waals surface area contributed by atoms with Gasteiger partial charge in [0.05, 0.1) is 10.6 Å². The van der Waals surface area contributed by atoms with Gasteiger partial charge in [-0.3, -0.25) is 9.10 Å². The molecule has 31 heavy (non-hydrogen) atoms. The Morgan fingerprint density at radius 3 is 2.48 bits per heavy atom. The van der Waals surface area contributed by atoms with Crippen molar-refractivity contribution in [2.75, 3.05) is 22.8 Å². The summed E-state index contributed by atoms with van der Waals surface area (Å²) < 4.78 is 33.1. The molecule has 3 aromatic rings. The standard InChI is InChI=1S/C24H24N2O4S/c1-17-7-8-20(15-18(17)2)25-24(27)16-30-21-9-11-22(12-10-21)31(28,29)26-14-13-19-5-3-4-6-23(19)26/h3-12,15H,13-14,16H2,1-2H3,(H,25,27). The van der Waals surface area contributed by atoms with Gasteiger partial charge in [0.25, 0.3) is 15.9 Å². The van der Waals surface area contributed by atoms with Crippen LogP contribution in [0.1, 0.15) is 16.7 Å². The average molecular weight is 437 g/mol. The van der Waals surface area contributed by atoms with Crippen molar-refractivity contribution in [1.82, 2.24) is 0 Å². The number of benzene rings is 3. The molecule has 1 aliphatic heterocycles. The molecular formula is C24H24N2O4S. The first kappa shape index (κ1) is 20.9. The molecule has 1 heterocycles. The molecule has 0 fully saturated rings. The molecule has 160 valence electrons. The molecule has 0 radical (unpaired) electrons. The number of rotatable bonds is 6. The van der Waals surface area contributed by atoms with Crippen molar-refractivity contribution in [3.63, 3.8) is 0 Å². The number of carbonyl (C=O) groups excluding carboxylic acids is 1. The Bertz CT molecular complexity index is 1220. The summed E-state index contributed by atoms with van der Waals surface area (Å²) in [5.74, 6) is 0.143. The summed E-state index contributed by atoms with van der Waals surface area (Å²) in [6, 6.07) is 19.4. The van der Waals surface area contributed by atoms with Crippen molar-refractivity contribution in [2.45, 2.75) is 25.2 Å². The number of amides is 1. The van der Waals surface area contributed by atoms with E-state index in [4.69, 9.17) is 4.74 Å². The van der Waals surface area contributed by atoms with E-state index < -0.39 is 10.0 Å². The number of nitrogens with one attached hydrogen (secondary N) is 1. The fraction of sp³-hybridized carbons (Fsp3) is 0.208. The summed E-state index contributed by atoms with van der Waals surface area (Å²) >= 11 is 0. The van der Waals surface area contributed by atoms with Crippen LogP contribution < -0.4 is 14.4 Å². The highest BCUT2D eigenvalue weighted by Crippen LogP contribution is 2.33. The van der Waals surface area contributed by atoms with Crippen LogP contribution in [0.2, 0.25) is 0 Å². The van der Waals surface area contributed by atoms with Crippen LogP contribution in [0, 0.1) is 13.8 Å². The van der Waals surface area contributed by atoms with Gasteiger partial charge in [-0.1, -0.05) is 24.3 Å². The maximum atomic E-state index is 13.1. The van der Waals surface area contributed by atoms with Crippen molar-refractivity contribution in [3.8, 4) is 5.75 Å². The normalized spacial score (nSPS) is 13.0. The molecule has 1 aliphatic rings. The first-order chi connectivity index (χ1) is 14.8. The zero-order chi connectivity index (χ0) is 22.0. The van der Waals surface area contributed by atoms with Crippen LogP contribution in [-0.2, 0) is 21.2 Å². The molecule has 0 aromatic heterocycles. The van der Waals surface area contributed by atoms with E-state index in [9.17, 15) is 13.2 Å². The van der Waals surface area contributed by atoms with E-state index in [0.29, 0.717) is 24.4 Å². The quantitative estimate of drug-likeness (QED) is 0.632. The number of aryl methyl sites for hydroxylation is 2. The number of sulfonamides is 1. The van der Waals surface area contributed by atoms with Gasteiger partial charge in [-0.05, 0) is 79.4 Å². The summed E-state index contributed by atoms with van der Waals surface area (Å²) in [5.41, 5.74) is 4.72. The van der Waals surface area contributed by atoms with Crippen molar-refractivity contribution in [1.29, 1.82) is 0 Å². The van der Waals surface area contributed by atoms with Gasteiger partial charge >= 0.3 is 0 Å². The molecule has 0 unspecified atom stereocenters. The Morgan fingerprint density at radius 1 is 1.00 bits per heavy atom. The Hall–Kier alpha value is -3.32. The van der Waals surface area contributed by atoms with E-state index in [-0.39, 0.29) is 17.4 Å². The van der Waals surface area contributed by atoms with E-state index in [2.05, 4.69) is 5.32 Å². The van der Waals surface area contributed by atoms with E-state index in [0.717, 1.165) is 22.4 Å². The second kappa shape index (κ2) is 8.43. The van der Waals surface area contributed by atoms with Gasteiger partial charge in [-0.2, -0.15) is 0 Å². The zero-order valence-corrected chi connectivity index (χ0v) is 18.3. The SMILES string of the molecule is Cc1ccc(NC(=O)COc2ccc(S(=O)(=O)N3CCc4ccccc43)cc2)cc1C. The smallest absolute Gasteiger partial charge is 0.264 e. The van der Waals surface area contributed by atoms with Crippen LogP contribution in [0.25, 0.3) is 0 Å². The number of nitrogens with zero attached hydrogens (tertiary/aromatic N) is 1. The van der Waals surface area contributed by atoms with Gasteiger partial charge in [-0.25, -0.2) is 8.42 Å². The lowest BCUT2D eigenvalue weighted by atomic mass is 10.1. The van der Waals surface area contributed by atoms with Gasteiger partial charge < -0.3 is 10.1 Å². The Balaban J connectivity index is 1.39. The van der Waals surface area contributed by atoms with Gasteiger partial charge in [0.15, 0.2) is 6.61 Å². The van der Waals surface area contributed by atoms with Gasteiger partial charge in [0.1, 0.15) is 5.75 Å². The Labute approximate surface area is 182 Å². The van der Waals surface area contributed by atoms with Crippen LogP contribution in [0.4, 0.5) is 11.4 Å². The number of carbonyl (C=O) groups is 1. The fourth-order valence-corrected chi connectivity index (χ4v) is 5.06. The maximum Gasteiger partial charge on any atom is 0.264 e. The summed E-state index contributed by atoms with van der Waals surface area (Å²) in [6.45, 7) is 4.26. The highest BCUT2D eigenvalue weighted by atomic mass is 32.2. The second-order valence-corrected chi connectivity index (χ2v) is 9.43. The van der Waals surface area contributed by atoms with E-state index in [1.807, 2.05) is 56.3 Å². The van der Waals surface area contributed by atoms with E-state index in [1.165, 1.54) is 16.4 Å². The molecule has 0 atom stereocenters. The topological polar surface area (TPSA) is 75.7 Å². The molecule has 4 rings (SSSR count). The summed E-state index contributed by atoms with van der Waals surface area (Å²) in [6.07, 6.45) is 0.701. The molecule has 0 spiro atoms. The molecular weight excluding hydrogens is 412 g/mol. The zero-order valence-electron chi connectivity index (χ0n) is 17.5. The molecule has 1 amide bonds. The number of para-hydroxylation sites is 1. The largest absolute Gasteiger partial charge is 0.484 e. The summed E-state index contributed by atoms with van der Waals surface area (Å²) in [7, 11) is -3.65. The van der Waals surface area contributed by atoms with Gasteiger partial charge in [0, 0.05) is 12.2 Å². The molecule has 0 aliphatic carbocycles. The molecule has 7 heteroatoms. The summed E-state index contributed by atoms with van der Waals surface area (Å²) in [4.78, 5) is 12.4. The highest BCUT2D eigenvalue weighted by molar-refractivity contribution is 7.92. The Kier molecular flexibility index (Phi) is 5.69. The molecule has 6 nitrogen and oxygen atoms in total. The molecule has 0 bridgehead atoms. The van der Waals surface area contributed by atoms with E-state index >= 15 is 0 Å². The predicted molar refractivity (Wildman–Crippen MR) is 121 cm³/mol. The molecule has 0 saturated heterocycles. The lowest BCUT2D eigenvalue weighted by Gasteiger charge is -2.19. The number of ether oxygens (including phenoxy) is 1. The van der Waals surface area contributed by atoms with Crippen LogP contribution in [0.3, 0.4) is 0 Å². The monoisotopic (exact) mass is 436 g/mol. The average Bonchev–Trinajstić information content (AvgIpc) is 3.20. The summed E-state index contributed by atoms with van der Waals surface area (Å²) in [5, 5.41) is 2.80. The van der Waals surface area contributed by atoms with Gasteiger partial charge in [-0.15, -0.1) is 0 Å². The minimum Gasteiger partial charge on any atom is -0.484 e. The number of anilines is 2. The Morgan fingerprint density at radius 2 is 1.74 bits per heavy atom. The van der Waals surface area contributed by atoms with Crippen molar-refractivity contribution in [2.24, 2.45) is 0 Å². The molecule has 3 aromatic carbocycles. The minimum atomic E-state index is -3.65. The first-order valence-corrected chi connectivity index (χ1v) is 11.5. The van der Waals surface area contributed by atoms with Crippen LogP contribution >= 0.6 is 0 Å². The van der Waals surface area contributed by atoms with Crippen LogP contribution in [-0.4, -0.2) is 27.5 Å². The van der Waals surface area contributed by atoms with Crippen molar-refractivity contribution >= 4 is 27.3 Å². The third kappa shape index (κ3) is 4.41. The fourth-order valence-electron chi connectivity index (χ4n) is 3.56. The first-order valence-electron chi connectivity index (χ1n) is 10.1. The molecule has 0 saturated carbocycles. The van der Waals surface area contributed by atoms with Crippen LogP contribution in [0.15, 0.2) is 71.6 Å². The third-order valence-electron chi connectivity index (χ3n) is 5.42.